The van der Waals surface area contributed by atoms with Crippen molar-refractivity contribution in [2.75, 3.05) is 20.3 Å². The van der Waals surface area contributed by atoms with Gasteiger partial charge in [0.25, 0.3) is 5.56 Å². The van der Waals surface area contributed by atoms with Crippen molar-refractivity contribution < 1.29 is 14.2 Å². The van der Waals surface area contributed by atoms with Gasteiger partial charge in [0.1, 0.15) is 24.7 Å². The van der Waals surface area contributed by atoms with Gasteiger partial charge in [-0.3, -0.25) is 9.78 Å². The molecule has 0 atom stereocenters. The van der Waals surface area contributed by atoms with E-state index >= 15 is 0 Å². The van der Waals surface area contributed by atoms with E-state index in [1.165, 1.54) is 19.5 Å². The standard InChI is InChI=1S/C20H19N3O5/c1-26-18-11-14(12-21-16-13-22-20(25)23-19(16)24)7-8-17(18)28-10-9-27-15-5-3-2-4-6-15/h2-8,11-13H,9-10H2,1H3,(H2,22,23,24,25). The fourth-order valence-corrected chi connectivity index (χ4v) is 2.35. The Bertz CT molecular complexity index is 1060. The van der Waals surface area contributed by atoms with Crippen LogP contribution >= 0.6 is 0 Å². The van der Waals surface area contributed by atoms with Crippen LogP contribution in [0.4, 0.5) is 5.69 Å². The number of hydrogen-bond donors (Lipinski definition) is 2. The van der Waals surface area contributed by atoms with Crippen LogP contribution in [0.15, 0.2) is 69.3 Å². The molecule has 144 valence electrons. The molecule has 0 saturated heterocycles. The van der Waals surface area contributed by atoms with Crippen molar-refractivity contribution in [2.24, 2.45) is 4.99 Å². The Balaban J connectivity index is 1.62. The first-order valence-electron chi connectivity index (χ1n) is 8.50. The molecule has 0 unspecified atom stereocenters. The molecule has 0 aliphatic rings. The number of aliphatic imine (C=N–C) groups is 1. The van der Waals surface area contributed by atoms with Gasteiger partial charge in [-0.2, -0.15) is 0 Å². The Kier molecular flexibility index (Phi) is 6.25. The van der Waals surface area contributed by atoms with Crippen molar-refractivity contribution >= 4 is 11.9 Å². The summed E-state index contributed by atoms with van der Waals surface area (Å²) in [4.78, 5) is 31.2. The first-order chi connectivity index (χ1) is 13.7. The van der Waals surface area contributed by atoms with Gasteiger partial charge in [-0.25, -0.2) is 9.79 Å². The molecule has 0 aliphatic heterocycles. The van der Waals surface area contributed by atoms with Crippen molar-refractivity contribution in [3.8, 4) is 17.2 Å². The minimum absolute atomic E-state index is 0.0944. The molecule has 1 aromatic heterocycles. The van der Waals surface area contributed by atoms with Crippen LogP contribution in [0.1, 0.15) is 5.56 Å². The van der Waals surface area contributed by atoms with Crippen LogP contribution in [-0.4, -0.2) is 36.5 Å². The quantitative estimate of drug-likeness (QED) is 0.460. The second-order valence-electron chi connectivity index (χ2n) is 5.64. The lowest BCUT2D eigenvalue weighted by atomic mass is 10.2. The van der Waals surface area contributed by atoms with Crippen molar-refractivity contribution in [2.45, 2.75) is 0 Å². The summed E-state index contributed by atoms with van der Waals surface area (Å²) in [5.74, 6) is 1.87. The molecule has 2 N–H and O–H groups in total. The molecule has 0 spiro atoms. The van der Waals surface area contributed by atoms with Crippen LogP contribution in [0.25, 0.3) is 0 Å². The minimum Gasteiger partial charge on any atom is -0.493 e. The summed E-state index contributed by atoms with van der Waals surface area (Å²) >= 11 is 0. The third-order valence-electron chi connectivity index (χ3n) is 3.69. The van der Waals surface area contributed by atoms with E-state index in [0.717, 1.165) is 5.75 Å². The van der Waals surface area contributed by atoms with Gasteiger partial charge in [0.05, 0.1) is 7.11 Å². The number of aromatic amines is 2. The topological polar surface area (TPSA) is 106 Å². The largest absolute Gasteiger partial charge is 0.493 e. The van der Waals surface area contributed by atoms with Crippen LogP contribution < -0.4 is 25.5 Å². The van der Waals surface area contributed by atoms with Gasteiger partial charge in [-0.05, 0) is 35.9 Å². The third-order valence-corrected chi connectivity index (χ3v) is 3.69. The van der Waals surface area contributed by atoms with Gasteiger partial charge in [0.15, 0.2) is 11.5 Å². The smallest absolute Gasteiger partial charge is 0.325 e. The molecule has 0 bridgehead atoms. The molecule has 3 aromatic rings. The zero-order chi connectivity index (χ0) is 19.8. The van der Waals surface area contributed by atoms with Gasteiger partial charge >= 0.3 is 5.69 Å². The van der Waals surface area contributed by atoms with E-state index in [9.17, 15) is 9.59 Å². The van der Waals surface area contributed by atoms with E-state index in [0.29, 0.717) is 30.3 Å². The number of nitrogens with zero attached hydrogens (tertiary/aromatic N) is 1. The van der Waals surface area contributed by atoms with E-state index in [2.05, 4.69) is 15.0 Å². The van der Waals surface area contributed by atoms with Crippen LogP contribution in [0.5, 0.6) is 17.2 Å². The van der Waals surface area contributed by atoms with Gasteiger partial charge < -0.3 is 19.2 Å². The van der Waals surface area contributed by atoms with E-state index in [1.807, 2.05) is 30.3 Å². The molecule has 8 nitrogen and oxygen atoms in total. The summed E-state index contributed by atoms with van der Waals surface area (Å²) in [7, 11) is 1.54. The van der Waals surface area contributed by atoms with E-state index in [4.69, 9.17) is 14.2 Å². The van der Waals surface area contributed by atoms with Crippen LogP contribution in [0.2, 0.25) is 0 Å². The third kappa shape index (κ3) is 5.10. The van der Waals surface area contributed by atoms with Crippen LogP contribution in [-0.2, 0) is 0 Å². The predicted molar refractivity (Wildman–Crippen MR) is 105 cm³/mol. The van der Waals surface area contributed by atoms with Crippen molar-refractivity contribution in [1.29, 1.82) is 0 Å². The van der Waals surface area contributed by atoms with E-state index in [-0.39, 0.29) is 5.69 Å². The van der Waals surface area contributed by atoms with Gasteiger partial charge in [0, 0.05) is 12.4 Å². The monoisotopic (exact) mass is 381 g/mol. The normalized spacial score (nSPS) is 10.8. The molecule has 28 heavy (non-hydrogen) atoms. The SMILES string of the molecule is COc1cc(C=Nc2c[nH]c(=O)[nH]c2=O)ccc1OCCOc1ccccc1. The number of H-pyrrole nitrogens is 2. The molecule has 0 aliphatic carbocycles. The molecule has 0 radical (unpaired) electrons. The lowest BCUT2D eigenvalue weighted by Crippen LogP contribution is -2.20. The maximum atomic E-state index is 11.6. The molecule has 3 rings (SSSR count). The molecular weight excluding hydrogens is 362 g/mol. The molecule has 2 aromatic carbocycles. The maximum Gasteiger partial charge on any atom is 0.325 e. The molecule has 1 heterocycles. The fraction of sp³-hybridized carbons (Fsp3) is 0.150. The van der Waals surface area contributed by atoms with Gasteiger partial charge in [-0.1, -0.05) is 18.2 Å². The van der Waals surface area contributed by atoms with Gasteiger partial charge in [-0.15, -0.1) is 0 Å². The molecule has 8 heteroatoms. The first-order valence-corrected chi connectivity index (χ1v) is 8.50. The Morgan fingerprint density at radius 3 is 2.54 bits per heavy atom. The van der Waals surface area contributed by atoms with E-state index in [1.54, 1.807) is 18.2 Å². The lowest BCUT2D eigenvalue weighted by molar-refractivity contribution is 0.211. The number of rotatable bonds is 8. The molecular formula is C20H19N3O5. The zero-order valence-corrected chi connectivity index (χ0v) is 15.2. The highest BCUT2D eigenvalue weighted by Crippen LogP contribution is 2.27. The molecule has 0 fully saturated rings. The predicted octanol–water partition coefficient (Wildman–Crippen LogP) is 2.28. The Morgan fingerprint density at radius 2 is 1.79 bits per heavy atom. The fourth-order valence-electron chi connectivity index (χ4n) is 2.35. The zero-order valence-electron chi connectivity index (χ0n) is 15.2. The molecule has 0 amide bonds. The number of aromatic nitrogens is 2. The number of benzene rings is 2. The summed E-state index contributed by atoms with van der Waals surface area (Å²) < 4.78 is 16.6. The summed E-state index contributed by atoms with van der Waals surface area (Å²) in [5, 5.41) is 0. The Labute approximate surface area is 160 Å². The number of methoxy groups -OCH3 is 1. The van der Waals surface area contributed by atoms with Gasteiger partial charge in [0.2, 0.25) is 0 Å². The van der Waals surface area contributed by atoms with Crippen LogP contribution in [0, 0.1) is 0 Å². The van der Waals surface area contributed by atoms with E-state index < -0.39 is 11.2 Å². The summed E-state index contributed by atoms with van der Waals surface area (Å²) in [6, 6.07) is 14.7. The number of nitrogens with one attached hydrogen (secondary N) is 2. The number of ether oxygens (including phenoxy) is 3. The van der Waals surface area contributed by atoms with Crippen molar-refractivity contribution in [1.82, 2.24) is 9.97 Å². The van der Waals surface area contributed by atoms with Crippen molar-refractivity contribution in [3.63, 3.8) is 0 Å². The average molecular weight is 381 g/mol. The highest BCUT2D eigenvalue weighted by atomic mass is 16.5. The van der Waals surface area contributed by atoms with Crippen LogP contribution in [0.3, 0.4) is 0 Å². The number of para-hydroxylation sites is 1. The Hall–Kier alpha value is -3.81. The van der Waals surface area contributed by atoms with Crippen molar-refractivity contribution in [3.05, 3.63) is 81.1 Å². The summed E-state index contributed by atoms with van der Waals surface area (Å²) in [6.07, 6.45) is 2.74. The highest BCUT2D eigenvalue weighted by molar-refractivity contribution is 5.82. The lowest BCUT2D eigenvalue weighted by Gasteiger charge is -2.12. The average Bonchev–Trinajstić information content (AvgIpc) is 2.72. The minimum atomic E-state index is -0.580. The first kappa shape index (κ1) is 19.0. The Morgan fingerprint density at radius 1 is 1.00 bits per heavy atom. The summed E-state index contributed by atoms with van der Waals surface area (Å²) in [6.45, 7) is 0.747. The number of hydrogen-bond acceptors (Lipinski definition) is 6. The molecule has 0 saturated carbocycles. The highest BCUT2D eigenvalue weighted by Gasteiger charge is 2.06. The maximum absolute atomic E-state index is 11.6. The summed E-state index contributed by atoms with van der Waals surface area (Å²) in [5.41, 5.74) is -0.346. The second-order valence-corrected chi connectivity index (χ2v) is 5.64. The second kappa shape index (κ2) is 9.22.